The minimum atomic E-state index is 0.0156. The topological polar surface area (TPSA) is 81.4 Å². The largest absolute Gasteiger partial charge is 0.474 e. The molecule has 0 spiro atoms. The molecule has 31 heavy (non-hydrogen) atoms. The normalized spacial score (nSPS) is 14.6. The van der Waals surface area contributed by atoms with Crippen LogP contribution in [0.2, 0.25) is 0 Å². The van der Waals surface area contributed by atoms with E-state index in [1.165, 1.54) is 11.8 Å². The Hall–Kier alpha value is -2.87. The minimum absolute atomic E-state index is 0.0156. The summed E-state index contributed by atoms with van der Waals surface area (Å²) in [6, 6.07) is 7.56. The third-order valence-electron chi connectivity index (χ3n) is 5.50. The maximum Gasteiger partial charge on any atom is 0.256 e. The quantitative estimate of drug-likeness (QED) is 0.529. The molecule has 1 aliphatic rings. The van der Waals surface area contributed by atoms with E-state index >= 15 is 0 Å². The number of aromatic nitrogens is 3. The Morgan fingerprint density at radius 3 is 2.61 bits per heavy atom. The van der Waals surface area contributed by atoms with Crippen LogP contribution in [0.15, 0.2) is 46.2 Å². The summed E-state index contributed by atoms with van der Waals surface area (Å²) in [6.07, 6.45) is 5.10. The Morgan fingerprint density at radius 1 is 1.16 bits per heavy atom. The molecule has 7 nitrogen and oxygen atoms in total. The van der Waals surface area contributed by atoms with Crippen LogP contribution in [-0.2, 0) is 5.75 Å². The number of hydrogen-bond acceptors (Lipinski definition) is 7. The van der Waals surface area contributed by atoms with Gasteiger partial charge in [-0.05, 0) is 39.0 Å². The maximum absolute atomic E-state index is 13.2. The molecule has 3 aromatic rings. The van der Waals surface area contributed by atoms with Gasteiger partial charge < -0.3 is 14.2 Å². The van der Waals surface area contributed by atoms with Crippen LogP contribution < -0.4 is 4.74 Å². The average Bonchev–Trinajstić information content (AvgIpc) is 3.11. The molecule has 0 radical (unpaired) electrons. The Balaban J connectivity index is 1.38. The second-order valence-corrected chi connectivity index (χ2v) is 8.65. The number of hydrogen-bond donors (Lipinski definition) is 0. The number of pyridine rings is 2. The highest BCUT2D eigenvalue weighted by Gasteiger charge is 2.27. The van der Waals surface area contributed by atoms with Crippen molar-refractivity contribution in [1.82, 2.24) is 20.0 Å². The summed E-state index contributed by atoms with van der Waals surface area (Å²) in [5.41, 5.74) is 3.59. The van der Waals surface area contributed by atoms with Crippen LogP contribution in [0.1, 0.15) is 45.8 Å². The number of aryl methyl sites for hydroxylation is 3. The zero-order chi connectivity index (χ0) is 21.8. The van der Waals surface area contributed by atoms with Crippen molar-refractivity contribution < 1.29 is 14.1 Å². The first kappa shape index (κ1) is 21.4. The monoisotopic (exact) mass is 438 g/mol. The van der Waals surface area contributed by atoms with Gasteiger partial charge in [0.25, 0.3) is 5.91 Å². The third-order valence-corrected chi connectivity index (χ3v) is 6.54. The predicted molar refractivity (Wildman–Crippen MR) is 118 cm³/mol. The van der Waals surface area contributed by atoms with Crippen LogP contribution >= 0.6 is 11.8 Å². The van der Waals surface area contributed by atoms with Gasteiger partial charge in [-0.3, -0.25) is 4.79 Å². The number of carbonyl (C=O) groups is 1. The molecule has 4 heterocycles. The van der Waals surface area contributed by atoms with Gasteiger partial charge in [0, 0.05) is 55.2 Å². The molecule has 0 saturated carbocycles. The zero-order valence-corrected chi connectivity index (χ0v) is 18.8. The van der Waals surface area contributed by atoms with Gasteiger partial charge in [-0.1, -0.05) is 11.2 Å². The van der Waals surface area contributed by atoms with E-state index in [0.29, 0.717) is 30.3 Å². The van der Waals surface area contributed by atoms with Crippen LogP contribution in [0.5, 0.6) is 5.88 Å². The number of rotatable bonds is 6. The van der Waals surface area contributed by atoms with E-state index in [4.69, 9.17) is 9.26 Å². The van der Waals surface area contributed by atoms with E-state index in [1.807, 2.05) is 49.9 Å². The summed E-state index contributed by atoms with van der Waals surface area (Å²) in [5, 5.41) is 4.73. The van der Waals surface area contributed by atoms with E-state index < -0.39 is 0 Å². The number of carbonyl (C=O) groups excluding carboxylic acids is 1. The molecule has 8 heteroatoms. The maximum atomic E-state index is 13.2. The molecule has 0 N–H and O–H groups in total. The number of ether oxygens (including phenoxy) is 1. The fourth-order valence-corrected chi connectivity index (χ4v) is 4.76. The Morgan fingerprint density at radius 2 is 1.90 bits per heavy atom. The van der Waals surface area contributed by atoms with Crippen LogP contribution in [-0.4, -0.2) is 45.1 Å². The first-order chi connectivity index (χ1) is 15.0. The first-order valence-electron chi connectivity index (χ1n) is 10.4. The van der Waals surface area contributed by atoms with Gasteiger partial charge in [-0.2, -0.15) is 0 Å². The van der Waals surface area contributed by atoms with Gasteiger partial charge in [0.15, 0.2) is 0 Å². The minimum Gasteiger partial charge on any atom is -0.474 e. The van der Waals surface area contributed by atoms with Crippen molar-refractivity contribution in [2.45, 2.75) is 50.5 Å². The summed E-state index contributed by atoms with van der Waals surface area (Å²) < 4.78 is 11.3. The lowest BCUT2D eigenvalue weighted by molar-refractivity contribution is 0.0582. The molecule has 4 rings (SSSR count). The average molecular weight is 439 g/mol. The van der Waals surface area contributed by atoms with Gasteiger partial charge in [0.1, 0.15) is 16.9 Å². The van der Waals surface area contributed by atoms with Gasteiger partial charge in [0.05, 0.1) is 11.3 Å². The molecule has 1 aliphatic heterocycles. The van der Waals surface area contributed by atoms with Gasteiger partial charge >= 0.3 is 0 Å². The van der Waals surface area contributed by atoms with Crippen LogP contribution in [0.25, 0.3) is 0 Å². The van der Waals surface area contributed by atoms with Gasteiger partial charge in [-0.15, -0.1) is 11.8 Å². The highest BCUT2D eigenvalue weighted by atomic mass is 32.2. The fraction of sp³-hybridized carbons (Fsp3) is 0.391. The van der Waals surface area contributed by atoms with Crippen molar-refractivity contribution in [1.29, 1.82) is 0 Å². The molecular weight excluding hydrogens is 412 g/mol. The lowest BCUT2D eigenvalue weighted by Crippen LogP contribution is -2.42. The lowest BCUT2D eigenvalue weighted by atomic mass is 10.1. The van der Waals surface area contributed by atoms with E-state index in [2.05, 4.69) is 15.1 Å². The number of amides is 1. The van der Waals surface area contributed by atoms with Crippen molar-refractivity contribution in [3.63, 3.8) is 0 Å². The van der Waals surface area contributed by atoms with Crippen molar-refractivity contribution in [3.05, 3.63) is 64.8 Å². The van der Waals surface area contributed by atoms with E-state index in [-0.39, 0.29) is 12.0 Å². The Kier molecular flexibility index (Phi) is 6.56. The van der Waals surface area contributed by atoms with E-state index in [9.17, 15) is 4.79 Å². The summed E-state index contributed by atoms with van der Waals surface area (Å²) in [5.74, 6) is 2.16. The Bertz CT molecular complexity index is 1040. The van der Waals surface area contributed by atoms with Crippen LogP contribution in [0.4, 0.5) is 0 Å². The molecule has 0 unspecified atom stereocenters. The first-order valence-corrected chi connectivity index (χ1v) is 11.4. The molecule has 162 valence electrons. The molecular formula is C23H26N4O3S. The lowest BCUT2D eigenvalue weighted by Gasteiger charge is -2.32. The summed E-state index contributed by atoms with van der Waals surface area (Å²) in [7, 11) is 0. The summed E-state index contributed by atoms with van der Waals surface area (Å²) >= 11 is 1.54. The number of thioether (sulfide) groups is 1. The second kappa shape index (κ2) is 9.51. The predicted octanol–water partition coefficient (Wildman–Crippen LogP) is 4.37. The molecule has 0 aliphatic carbocycles. The SMILES string of the molecule is Cc1cccnc1OC1CCN(C(=O)c2cccnc2SCc2c(C)noc2C)CC1. The molecule has 0 atom stereocenters. The van der Waals surface area contributed by atoms with Crippen molar-refractivity contribution in [2.24, 2.45) is 0 Å². The molecule has 1 saturated heterocycles. The van der Waals surface area contributed by atoms with Crippen molar-refractivity contribution in [3.8, 4) is 5.88 Å². The fourth-order valence-electron chi connectivity index (χ4n) is 3.62. The standard InChI is InChI=1S/C23H26N4O3S/c1-15-6-4-10-24-21(15)29-18-8-12-27(13-9-18)23(28)19-7-5-11-25-22(19)31-14-20-16(2)26-30-17(20)3/h4-7,10-11,18H,8-9,12-14H2,1-3H3. The van der Waals surface area contributed by atoms with E-state index in [0.717, 1.165) is 40.4 Å². The molecule has 0 bridgehead atoms. The van der Waals surface area contributed by atoms with E-state index in [1.54, 1.807) is 12.4 Å². The highest BCUT2D eigenvalue weighted by molar-refractivity contribution is 7.98. The molecule has 1 fully saturated rings. The summed E-state index contributed by atoms with van der Waals surface area (Å²) in [4.78, 5) is 23.9. The van der Waals surface area contributed by atoms with Crippen molar-refractivity contribution in [2.75, 3.05) is 13.1 Å². The van der Waals surface area contributed by atoms with Gasteiger partial charge in [0.2, 0.25) is 5.88 Å². The number of nitrogens with zero attached hydrogens (tertiary/aromatic N) is 4. The second-order valence-electron chi connectivity index (χ2n) is 7.68. The van der Waals surface area contributed by atoms with Gasteiger partial charge in [-0.25, -0.2) is 9.97 Å². The van der Waals surface area contributed by atoms with Crippen LogP contribution in [0, 0.1) is 20.8 Å². The highest BCUT2D eigenvalue weighted by Crippen LogP contribution is 2.29. The van der Waals surface area contributed by atoms with Crippen LogP contribution in [0.3, 0.4) is 0 Å². The number of piperidine rings is 1. The molecule has 3 aromatic heterocycles. The Labute approximate surface area is 186 Å². The third kappa shape index (κ3) is 4.90. The number of likely N-dealkylation sites (tertiary alicyclic amines) is 1. The molecule has 0 aromatic carbocycles. The summed E-state index contributed by atoms with van der Waals surface area (Å²) in [6.45, 7) is 7.12. The smallest absolute Gasteiger partial charge is 0.256 e. The zero-order valence-electron chi connectivity index (χ0n) is 18.0. The molecule has 1 amide bonds. The van der Waals surface area contributed by atoms with Crippen molar-refractivity contribution >= 4 is 17.7 Å².